The second-order valence-corrected chi connectivity index (χ2v) is 5.89. The molecule has 4 nitrogen and oxygen atoms in total. The van der Waals surface area contributed by atoms with E-state index in [0.29, 0.717) is 33.9 Å². The van der Waals surface area contributed by atoms with Gasteiger partial charge in [-0.15, -0.1) is 12.4 Å². The van der Waals surface area contributed by atoms with E-state index in [2.05, 4.69) is 4.90 Å². The van der Waals surface area contributed by atoms with Crippen LogP contribution in [0.25, 0.3) is 0 Å². The number of hydrogen-bond acceptors (Lipinski definition) is 3. The van der Waals surface area contributed by atoms with Gasteiger partial charge in [0.2, 0.25) is 0 Å². The van der Waals surface area contributed by atoms with E-state index in [1.807, 2.05) is 7.05 Å². The van der Waals surface area contributed by atoms with E-state index in [1.54, 1.807) is 4.90 Å². The lowest BCUT2D eigenvalue weighted by Gasteiger charge is -2.32. The van der Waals surface area contributed by atoms with Crippen molar-refractivity contribution in [2.24, 2.45) is 0 Å². The third kappa shape index (κ3) is 5.08. The van der Waals surface area contributed by atoms with Crippen molar-refractivity contribution >= 4 is 53.1 Å². The fraction of sp³-hybridized carbons (Fsp3) is 0.462. The molecule has 0 unspecified atom stereocenters. The normalized spacial score (nSPS) is 15.5. The van der Waals surface area contributed by atoms with Crippen LogP contribution in [0.5, 0.6) is 5.75 Å². The Balaban J connectivity index is 0.00000220. The van der Waals surface area contributed by atoms with Crippen LogP contribution in [0.1, 0.15) is 0 Å². The van der Waals surface area contributed by atoms with E-state index >= 15 is 0 Å². The third-order valence-electron chi connectivity index (χ3n) is 3.18. The molecule has 1 saturated heterocycles. The number of benzene rings is 1. The summed E-state index contributed by atoms with van der Waals surface area (Å²) in [5.74, 6) is 0.309. The molecule has 1 heterocycles. The van der Waals surface area contributed by atoms with Crippen LogP contribution in [-0.2, 0) is 4.79 Å². The summed E-state index contributed by atoms with van der Waals surface area (Å²) in [6, 6.07) is 3.02. The maximum absolute atomic E-state index is 12.0. The Bertz CT molecular complexity index is 505. The summed E-state index contributed by atoms with van der Waals surface area (Å²) in [7, 11) is 2.04. The summed E-state index contributed by atoms with van der Waals surface area (Å²) in [4.78, 5) is 16.0. The highest BCUT2D eigenvalue weighted by molar-refractivity contribution is 6.43. The standard InChI is InChI=1S/C13H15Cl3N2O2.ClH/c1-17-2-4-18(5-3-17)13(19)8-20-12-7-10(15)9(14)6-11(12)16;/h6-7H,2-5,8H2,1H3;1H. The second-order valence-electron chi connectivity index (χ2n) is 4.67. The van der Waals surface area contributed by atoms with Gasteiger partial charge in [0, 0.05) is 32.2 Å². The van der Waals surface area contributed by atoms with Gasteiger partial charge >= 0.3 is 0 Å². The van der Waals surface area contributed by atoms with Crippen LogP contribution in [0.4, 0.5) is 0 Å². The van der Waals surface area contributed by atoms with Crippen molar-refractivity contribution in [3.8, 4) is 5.75 Å². The molecular weight excluding hydrogens is 358 g/mol. The van der Waals surface area contributed by atoms with Gasteiger partial charge < -0.3 is 14.5 Å². The van der Waals surface area contributed by atoms with E-state index in [-0.39, 0.29) is 24.9 Å². The maximum atomic E-state index is 12.0. The summed E-state index contributed by atoms with van der Waals surface area (Å²) in [5, 5.41) is 1.04. The number of carbonyl (C=O) groups excluding carboxylic acids is 1. The Morgan fingerprint density at radius 2 is 1.67 bits per heavy atom. The molecule has 0 aromatic heterocycles. The molecule has 8 heteroatoms. The quantitative estimate of drug-likeness (QED) is 0.762. The molecular formula is C13H16Cl4N2O2. The van der Waals surface area contributed by atoms with Crippen molar-refractivity contribution in [3.05, 3.63) is 27.2 Å². The van der Waals surface area contributed by atoms with Gasteiger partial charge in [-0.1, -0.05) is 34.8 Å². The van der Waals surface area contributed by atoms with Gasteiger partial charge in [0.05, 0.1) is 15.1 Å². The first kappa shape index (κ1) is 18.7. The fourth-order valence-electron chi connectivity index (χ4n) is 1.90. The minimum Gasteiger partial charge on any atom is -0.482 e. The number of ether oxygens (including phenoxy) is 1. The lowest BCUT2D eigenvalue weighted by Crippen LogP contribution is -2.48. The van der Waals surface area contributed by atoms with Crippen LogP contribution >= 0.6 is 47.2 Å². The zero-order chi connectivity index (χ0) is 14.7. The smallest absolute Gasteiger partial charge is 0.260 e. The molecule has 1 aromatic rings. The molecule has 21 heavy (non-hydrogen) atoms. The number of likely N-dealkylation sites (N-methyl/N-ethyl adjacent to an activating group) is 1. The third-order valence-corrected chi connectivity index (χ3v) is 4.20. The lowest BCUT2D eigenvalue weighted by molar-refractivity contribution is -0.134. The summed E-state index contributed by atoms with van der Waals surface area (Å²) in [5.41, 5.74) is 0. The molecule has 0 radical (unpaired) electrons. The van der Waals surface area contributed by atoms with Crippen LogP contribution in [-0.4, -0.2) is 55.5 Å². The van der Waals surface area contributed by atoms with E-state index in [9.17, 15) is 4.79 Å². The average molecular weight is 374 g/mol. The molecule has 1 aromatic carbocycles. The Kier molecular flexibility index (Phi) is 7.37. The molecule has 1 amide bonds. The van der Waals surface area contributed by atoms with Crippen molar-refractivity contribution < 1.29 is 9.53 Å². The van der Waals surface area contributed by atoms with Crippen LogP contribution in [0, 0.1) is 0 Å². The number of halogens is 4. The summed E-state index contributed by atoms with van der Waals surface area (Å²) in [6.07, 6.45) is 0. The first-order valence-electron chi connectivity index (χ1n) is 6.21. The minimum atomic E-state index is -0.0553. The summed E-state index contributed by atoms with van der Waals surface area (Å²) < 4.78 is 5.43. The summed E-state index contributed by atoms with van der Waals surface area (Å²) in [6.45, 7) is 3.13. The van der Waals surface area contributed by atoms with Crippen molar-refractivity contribution in [3.63, 3.8) is 0 Å². The predicted octanol–water partition coefficient (Wildman–Crippen LogP) is 3.22. The Labute approximate surface area is 145 Å². The SMILES string of the molecule is CN1CCN(C(=O)COc2cc(Cl)c(Cl)cc2Cl)CC1.Cl. The van der Waals surface area contributed by atoms with Crippen LogP contribution in [0.3, 0.4) is 0 Å². The molecule has 0 bridgehead atoms. The van der Waals surface area contributed by atoms with E-state index in [0.717, 1.165) is 13.1 Å². The lowest BCUT2D eigenvalue weighted by atomic mass is 10.3. The molecule has 0 saturated carbocycles. The predicted molar refractivity (Wildman–Crippen MR) is 88.3 cm³/mol. The maximum Gasteiger partial charge on any atom is 0.260 e. The van der Waals surface area contributed by atoms with Gasteiger partial charge in [-0.2, -0.15) is 0 Å². The first-order valence-corrected chi connectivity index (χ1v) is 7.34. The Morgan fingerprint density at radius 3 is 2.29 bits per heavy atom. The molecule has 0 N–H and O–H groups in total. The van der Waals surface area contributed by atoms with Crippen molar-refractivity contribution in [2.75, 3.05) is 39.8 Å². The van der Waals surface area contributed by atoms with Crippen molar-refractivity contribution in [1.29, 1.82) is 0 Å². The first-order chi connectivity index (χ1) is 9.47. The van der Waals surface area contributed by atoms with Crippen molar-refractivity contribution in [1.82, 2.24) is 9.80 Å². The number of rotatable bonds is 3. The summed E-state index contributed by atoms with van der Waals surface area (Å²) >= 11 is 17.7. The van der Waals surface area contributed by atoms with Crippen LogP contribution < -0.4 is 4.74 Å². The minimum absolute atomic E-state index is 0. The highest BCUT2D eigenvalue weighted by atomic mass is 35.5. The second kappa shape index (κ2) is 8.30. The monoisotopic (exact) mass is 372 g/mol. The van der Waals surface area contributed by atoms with E-state index in [1.165, 1.54) is 12.1 Å². The highest BCUT2D eigenvalue weighted by Crippen LogP contribution is 2.33. The zero-order valence-electron chi connectivity index (χ0n) is 11.4. The van der Waals surface area contributed by atoms with Gasteiger partial charge in [0.15, 0.2) is 6.61 Å². The number of carbonyl (C=O) groups is 1. The molecule has 1 fully saturated rings. The van der Waals surface area contributed by atoms with Gasteiger partial charge in [-0.25, -0.2) is 0 Å². The topological polar surface area (TPSA) is 32.8 Å². The van der Waals surface area contributed by atoms with Gasteiger partial charge in [-0.05, 0) is 13.1 Å². The zero-order valence-corrected chi connectivity index (χ0v) is 14.5. The molecule has 1 aliphatic rings. The number of nitrogens with zero attached hydrogens (tertiary/aromatic N) is 2. The number of amides is 1. The Morgan fingerprint density at radius 1 is 1.10 bits per heavy atom. The van der Waals surface area contributed by atoms with E-state index < -0.39 is 0 Å². The van der Waals surface area contributed by atoms with Crippen LogP contribution in [0.15, 0.2) is 12.1 Å². The van der Waals surface area contributed by atoms with Crippen molar-refractivity contribution in [2.45, 2.75) is 0 Å². The average Bonchev–Trinajstić information content (AvgIpc) is 2.42. The number of hydrogen-bond donors (Lipinski definition) is 0. The largest absolute Gasteiger partial charge is 0.482 e. The Hall–Kier alpha value is -0.390. The number of piperazine rings is 1. The highest BCUT2D eigenvalue weighted by Gasteiger charge is 2.19. The molecule has 118 valence electrons. The van der Waals surface area contributed by atoms with Crippen LogP contribution in [0.2, 0.25) is 15.1 Å². The molecule has 2 rings (SSSR count). The molecule has 0 spiro atoms. The molecule has 1 aliphatic heterocycles. The van der Waals surface area contributed by atoms with Gasteiger partial charge in [-0.3, -0.25) is 4.79 Å². The molecule has 0 aliphatic carbocycles. The van der Waals surface area contributed by atoms with Gasteiger partial charge in [0.1, 0.15) is 5.75 Å². The molecule has 0 atom stereocenters. The van der Waals surface area contributed by atoms with E-state index in [4.69, 9.17) is 39.5 Å². The fourth-order valence-corrected chi connectivity index (χ4v) is 2.49. The van der Waals surface area contributed by atoms with Gasteiger partial charge in [0.25, 0.3) is 5.91 Å².